The topological polar surface area (TPSA) is 46.2 Å². The molecular formula is C13H20ClF2NO. The molecule has 0 saturated carbocycles. The zero-order valence-corrected chi connectivity index (χ0v) is 11.6. The minimum Gasteiger partial charge on any atom is -0.388 e. The number of hydrogen-bond acceptors (Lipinski definition) is 2. The van der Waals surface area contributed by atoms with Gasteiger partial charge in [-0.1, -0.05) is 26.8 Å². The molecule has 0 unspecified atom stereocenters. The highest BCUT2D eigenvalue weighted by atomic mass is 35.5. The fourth-order valence-corrected chi connectivity index (χ4v) is 1.54. The van der Waals surface area contributed by atoms with Crippen molar-refractivity contribution in [3.05, 3.63) is 35.4 Å². The van der Waals surface area contributed by atoms with E-state index in [2.05, 4.69) is 0 Å². The van der Waals surface area contributed by atoms with E-state index in [1.165, 1.54) is 6.07 Å². The van der Waals surface area contributed by atoms with Crippen molar-refractivity contribution in [2.75, 3.05) is 0 Å². The lowest BCUT2D eigenvalue weighted by Crippen LogP contribution is -2.36. The van der Waals surface area contributed by atoms with Crippen LogP contribution in [0.2, 0.25) is 0 Å². The number of rotatable bonds is 3. The molecule has 0 aliphatic heterocycles. The van der Waals surface area contributed by atoms with Gasteiger partial charge in [-0.05, 0) is 24.0 Å². The molecule has 5 heteroatoms. The van der Waals surface area contributed by atoms with Crippen LogP contribution in [0.3, 0.4) is 0 Å². The first-order valence-electron chi connectivity index (χ1n) is 5.61. The SMILES string of the molecule is CC(C)(C)[C@H](N)C[C@H](O)c1c(F)cccc1F.Cl. The number of hydrogen-bond donors (Lipinski definition) is 2. The molecule has 0 heterocycles. The zero-order chi connectivity index (χ0) is 13.2. The Morgan fingerprint density at radius 1 is 1.22 bits per heavy atom. The van der Waals surface area contributed by atoms with E-state index in [-0.39, 0.29) is 35.8 Å². The summed E-state index contributed by atoms with van der Waals surface area (Å²) in [5.74, 6) is -1.47. The third-order valence-corrected chi connectivity index (χ3v) is 2.92. The van der Waals surface area contributed by atoms with E-state index in [1.54, 1.807) is 0 Å². The van der Waals surface area contributed by atoms with Crippen molar-refractivity contribution in [3.63, 3.8) is 0 Å². The van der Waals surface area contributed by atoms with Crippen molar-refractivity contribution >= 4 is 12.4 Å². The Morgan fingerprint density at radius 3 is 2.06 bits per heavy atom. The number of benzene rings is 1. The van der Waals surface area contributed by atoms with Crippen LogP contribution in [-0.2, 0) is 0 Å². The minimum absolute atomic E-state index is 0. The van der Waals surface area contributed by atoms with E-state index < -0.39 is 17.7 Å². The highest BCUT2D eigenvalue weighted by molar-refractivity contribution is 5.85. The molecule has 0 bridgehead atoms. The summed E-state index contributed by atoms with van der Waals surface area (Å²) in [5.41, 5.74) is 5.37. The molecule has 0 fully saturated rings. The van der Waals surface area contributed by atoms with Crippen molar-refractivity contribution in [3.8, 4) is 0 Å². The Kier molecular flexibility index (Phi) is 6.20. The zero-order valence-electron chi connectivity index (χ0n) is 10.8. The Balaban J connectivity index is 0.00000289. The summed E-state index contributed by atoms with van der Waals surface area (Å²) in [4.78, 5) is 0. The van der Waals surface area contributed by atoms with Crippen molar-refractivity contribution in [2.45, 2.75) is 39.3 Å². The van der Waals surface area contributed by atoms with Gasteiger partial charge in [-0.15, -0.1) is 12.4 Å². The first-order valence-corrected chi connectivity index (χ1v) is 5.61. The molecule has 2 atom stereocenters. The summed E-state index contributed by atoms with van der Waals surface area (Å²) >= 11 is 0. The summed E-state index contributed by atoms with van der Waals surface area (Å²) < 4.78 is 26.8. The van der Waals surface area contributed by atoms with Crippen LogP contribution in [0.4, 0.5) is 8.78 Å². The van der Waals surface area contributed by atoms with Gasteiger partial charge in [-0.3, -0.25) is 0 Å². The van der Waals surface area contributed by atoms with Crippen molar-refractivity contribution in [1.29, 1.82) is 0 Å². The van der Waals surface area contributed by atoms with Gasteiger partial charge in [0.05, 0.1) is 11.7 Å². The lowest BCUT2D eigenvalue weighted by molar-refractivity contribution is 0.126. The summed E-state index contributed by atoms with van der Waals surface area (Å²) in [7, 11) is 0. The molecule has 2 nitrogen and oxygen atoms in total. The van der Waals surface area contributed by atoms with Crippen LogP contribution in [0.1, 0.15) is 38.9 Å². The Labute approximate surface area is 113 Å². The summed E-state index contributed by atoms with van der Waals surface area (Å²) in [6, 6.07) is 3.19. The molecule has 18 heavy (non-hydrogen) atoms. The highest BCUT2D eigenvalue weighted by Gasteiger charge is 2.26. The van der Waals surface area contributed by atoms with Gasteiger partial charge in [-0.25, -0.2) is 8.78 Å². The molecular weight excluding hydrogens is 260 g/mol. The maximum atomic E-state index is 13.4. The van der Waals surface area contributed by atoms with Crippen LogP contribution < -0.4 is 5.73 Å². The van der Waals surface area contributed by atoms with Crippen LogP contribution in [0.5, 0.6) is 0 Å². The quantitative estimate of drug-likeness (QED) is 0.893. The predicted molar refractivity (Wildman–Crippen MR) is 70.6 cm³/mol. The van der Waals surface area contributed by atoms with Gasteiger partial charge < -0.3 is 10.8 Å². The van der Waals surface area contributed by atoms with Gasteiger partial charge in [-0.2, -0.15) is 0 Å². The van der Waals surface area contributed by atoms with Crippen molar-refractivity contribution in [2.24, 2.45) is 11.1 Å². The molecule has 0 aliphatic rings. The maximum absolute atomic E-state index is 13.4. The fraction of sp³-hybridized carbons (Fsp3) is 0.538. The van der Waals surface area contributed by atoms with Crippen LogP contribution in [0, 0.1) is 17.0 Å². The fourth-order valence-electron chi connectivity index (χ4n) is 1.54. The van der Waals surface area contributed by atoms with Crippen molar-refractivity contribution in [1.82, 2.24) is 0 Å². The lowest BCUT2D eigenvalue weighted by Gasteiger charge is -2.29. The smallest absolute Gasteiger partial charge is 0.131 e. The van der Waals surface area contributed by atoms with Crippen LogP contribution in [0.25, 0.3) is 0 Å². The maximum Gasteiger partial charge on any atom is 0.131 e. The van der Waals surface area contributed by atoms with E-state index in [9.17, 15) is 13.9 Å². The molecule has 1 aromatic rings. The van der Waals surface area contributed by atoms with E-state index in [1.807, 2.05) is 20.8 Å². The third-order valence-electron chi connectivity index (χ3n) is 2.92. The summed E-state index contributed by atoms with van der Waals surface area (Å²) in [6.45, 7) is 5.76. The Bertz CT molecular complexity index is 373. The van der Waals surface area contributed by atoms with Gasteiger partial charge >= 0.3 is 0 Å². The molecule has 104 valence electrons. The van der Waals surface area contributed by atoms with E-state index in [0.29, 0.717) is 0 Å². The first kappa shape index (κ1) is 17.3. The van der Waals surface area contributed by atoms with Crippen LogP contribution >= 0.6 is 12.4 Å². The van der Waals surface area contributed by atoms with Crippen LogP contribution in [0.15, 0.2) is 18.2 Å². The molecule has 1 rings (SSSR count). The van der Waals surface area contributed by atoms with Gasteiger partial charge in [0.25, 0.3) is 0 Å². The predicted octanol–water partition coefficient (Wildman–Crippen LogP) is 3.18. The summed E-state index contributed by atoms with van der Waals surface area (Å²) in [6.07, 6.45) is -1.09. The highest BCUT2D eigenvalue weighted by Crippen LogP contribution is 2.29. The van der Waals surface area contributed by atoms with Gasteiger partial charge in [0, 0.05) is 6.04 Å². The molecule has 0 radical (unpaired) electrons. The van der Waals surface area contributed by atoms with E-state index in [4.69, 9.17) is 5.73 Å². The summed E-state index contributed by atoms with van der Waals surface area (Å²) in [5, 5.41) is 9.86. The molecule has 0 aromatic heterocycles. The van der Waals surface area contributed by atoms with E-state index >= 15 is 0 Å². The second-order valence-electron chi connectivity index (χ2n) is 5.36. The molecule has 0 saturated heterocycles. The number of aliphatic hydroxyl groups is 1. The van der Waals surface area contributed by atoms with Crippen molar-refractivity contribution < 1.29 is 13.9 Å². The van der Waals surface area contributed by atoms with Gasteiger partial charge in [0.15, 0.2) is 0 Å². The van der Waals surface area contributed by atoms with E-state index in [0.717, 1.165) is 12.1 Å². The first-order chi connectivity index (χ1) is 7.73. The molecule has 0 spiro atoms. The molecule has 0 aliphatic carbocycles. The van der Waals surface area contributed by atoms with Gasteiger partial charge in [0.2, 0.25) is 0 Å². The molecule has 0 amide bonds. The average Bonchev–Trinajstić information content (AvgIpc) is 2.15. The normalized spacial score (nSPS) is 14.8. The third kappa shape index (κ3) is 4.19. The largest absolute Gasteiger partial charge is 0.388 e. The second kappa shape index (κ2) is 6.45. The standard InChI is InChI=1S/C13H19F2NO.ClH/c1-13(2,3)11(16)7-10(17)12-8(14)5-4-6-9(12)15;/h4-6,10-11,17H,7,16H2,1-3H3;1H/t10-,11+;/m0./s1. The molecule has 1 aromatic carbocycles. The Hall–Kier alpha value is -0.710. The minimum atomic E-state index is -1.22. The number of aliphatic hydroxyl groups excluding tert-OH is 1. The Morgan fingerprint density at radius 2 is 1.67 bits per heavy atom. The number of halogens is 3. The van der Waals surface area contributed by atoms with Crippen LogP contribution in [-0.4, -0.2) is 11.1 Å². The average molecular weight is 280 g/mol. The lowest BCUT2D eigenvalue weighted by atomic mass is 9.83. The monoisotopic (exact) mass is 279 g/mol. The second-order valence-corrected chi connectivity index (χ2v) is 5.36. The molecule has 3 N–H and O–H groups in total. The number of nitrogens with two attached hydrogens (primary N) is 1. The van der Waals surface area contributed by atoms with Gasteiger partial charge in [0.1, 0.15) is 11.6 Å².